The number of benzene rings is 2. The van der Waals surface area contributed by atoms with Crippen LogP contribution in [0.25, 0.3) is 0 Å². The number of amides is 1. The lowest BCUT2D eigenvalue weighted by atomic mass is 9.95. The molecule has 0 bridgehead atoms. The summed E-state index contributed by atoms with van der Waals surface area (Å²) in [5.41, 5.74) is 0. The van der Waals surface area contributed by atoms with Crippen LogP contribution in [0.2, 0.25) is 18.1 Å². The van der Waals surface area contributed by atoms with E-state index in [0.717, 1.165) is 57.8 Å². The normalized spacial score (nSPS) is 18.3. The summed E-state index contributed by atoms with van der Waals surface area (Å²) in [4.78, 5) is 14.2. The topological polar surface area (TPSA) is 120 Å². The van der Waals surface area contributed by atoms with E-state index in [0.29, 0.717) is 19.4 Å². The Bertz CT molecular complexity index is 1900. The van der Waals surface area contributed by atoms with Crippen molar-refractivity contribution in [2.24, 2.45) is 0 Å². The molecule has 1 saturated heterocycles. The molecule has 15 heteroatoms. The van der Waals surface area contributed by atoms with Crippen LogP contribution in [0.1, 0.15) is 247 Å². The van der Waals surface area contributed by atoms with Crippen molar-refractivity contribution in [2.45, 2.75) is 308 Å². The van der Waals surface area contributed by atoms with E-state index >= 15 is 13.3 Å². The lowest BCUT2D eigenvalue weighted by Crippen LogP contribution is -2.67. The van der Waals surface area contributed by atoms with Gasteiger partial charge in [-0.05, 0) is 68.1 Å². The summed E-state index contributed by atoms with van der Waals surface area (Å²) in [7, 11) is -7.26. The number of hydrogen-bond donors (Lipinski definition) is 1. The second-order valence-electron chi connectivity index (χ2n) is 24.6. The molecule has 0 aliphatic carbocycles. The van der Waals surface area contributed by atoms with Gasteiger partial charge in [-0.3, -0.25) is 9.32 Å². The van der Waals surface area contributed by atoms with E-state index in [1.54, 1.807) is 60.7 Å². The third kappa shape index (κ3) is 31.1. The minimum atomic E-state index is -4.74. The first-order chi connectivity index (χ1) is 39.5. The molecule has 2 aromatic carbocycles. The molecule has 2 aromatic rings. The van der Waals surface area contributed by atoms with E-state index in [9.17, 15) is 4.79 Å². The molecule has 0 unspecified atom stereocenters. The van der Waals surface area contributed by atoms with Gasteiger partial charge in [-0.1, -0.05) is 257 Å². The lowest BCUT2D eigenvalue weighted by Gasteiger charge is -2.47. The monoisotopic (exact) mass is 1190 g/mol. The molecule has 3 rings (SSSR count). The van der Waals surface area contributed by atoms with E-state index in [1.165, 1.54) is 128 Å². The predicted molar refractivity (Wildman–Crippen MR) is 336 cm³/mol. The van der Waals surface area contributed by atoms with Crippen LogP contribution in [-0.2, 0) is 37.3 Å². The number of para-hydroxylation sites is 2. The summed E-state index contributed by atoms with van der Waals surface area (Å²) in [6.07, 6.45) is 29.6. The van der Waals surface area contributed by atoms with Crippen molar-refractivity contribution in [3.05, 3.63) is 73.3 Å². The van der Waals surface area contributed by atoms with Gasteiger partial charge in [-0.15, -0.1) is 6.58 Å². The second kappa shape index (κ2) is 43.0. The van der Waals surface area contributed by atoms with Gasteiger partial charge in [0.1, 0.15) is 35.9 Å². The number of alkyl halides is 2. The fourth-order valence-electron chi connectivity index (χ4n) is 10.1. The zero-order valence-electron chi connectivity index (χ0n) is 52.8. The van der Waals surface area contributed by atoms with Crippen LogP contribution in [-0.4, -0.2) is 83.3 Å². The zero-order valence-corrected chi connectivity index (χ0v) is 54.7. The molecular formula is C67H116F2NO10PSi. The average molecular weight is 1190 g/mol. The van der Waals surface area contributed by atoms with Crippen molar-refractivity contribution >= 4 is 22.0 Å². The fourth-order valence-corrected chi connectivity index (χ4v) is 12.6. The number of carbonyl (C=O) groups is 1. The number of rotatable bonds is 51. The Morgan fingerprint density at radius 2 is 1.09 bits per heavy atom. The molecule has 0 saturated carbocycles. The van der Waals surface area contributed by atoms with Crippen LogP contribution < -0.4 is 14.4 Å². The number of nitrogens with one attached hydrogen (secondary N) is 1. The number of hydrogen-bond acceptors (Lipinski definition) is 10. The molecule has 11 nitrogen and oxygen atoms in total. The van der Waals surface area contributed by atoms with Crippen LogP contribution in [0.15, 0.2) is 73.3 Å². The van der Waals surface area contributed by atoms with E-state index in [2.05, 4.69) is 66.5 Å². The number of halogens is 2. The van der Waals surface area contributed by atoms with E-state index in [4.69, 9.17) is 36.9 Å². The van der Waals surface area contributed by atoms with Crippen molar-refractivity contribution in [3.63, 3.8) is 0 Å². The molecule has 0 spiro atoms. The highest BCUT2D eigenvalue weighted by Gasteiger charge is 2.55. The van der Waals surface area contributed by atoms with Gasteiger partial charge in [0.25, 0.3) is 5.91 Å². The second-order valence-corrected chi connectivity index (χ2v) is 30.9. The highest BCUT2D eigenvalue weighted by Crippen LogP contribution is 2.53. The number of ether oxygens (including phenoxy) is 4. The molecule has 1 aliphatic rings. The third-order valence-corrected chi connectivity index (χ3v) is 22.2. The molecule has 1 amide bonds. The summed E-state index contributed by atoms with van der Waals surface area (Å²) in [5.74, 6) is -4.82. The maximum absolute atomic E-state index is 16.3. The van der Waals surface area contributed by atoms with Crippen LogP contribution in [0.3, 0.4) is 0 Å². The first kappa shape index (κ1) is 73.6. The number of phosphoric ester groups is 1. The van der Waals surface area contributed by atoms with Crippen molar-refractivity contribution < 1.29 is 55.1 Å². The van der Waals surface area contributed by atoms with Crippen molar-refractivity contribution in [1.82, 2.24) is 5.32 Å². The van der Waals surface area contributed by atoms with Crippen LogP contribution in [0, 0.1) is 0 Å². The summed E-state index contributed by atoms with van der Waals surface area (Å²) in [6, 6.07) is 15.7. The molecule has 6 atom stereocenters. The van der Waals surface area contributed by atoms with Crippen LogP contribution in [0.4, 0.5) is 8.78 Å². The Hall–Kier alpha value is -2.68. The summed E-state index contributed by atoms with van der Waals surface area (Å²) in [5, 5.41) is 2.44. The number of carbonyl (C=O) groups excluding carboxylic acids is 1. The van der Waals surface area contributed by atoms with Gasteiger partial charge in [0.2, 0.25) is 0 Å². The SMILES string of the molecule is C=CCO[C@H]1O[C@H](CO[Si](C)(C)C(C)(C)C)[C@@H](OP(=O)(Oc2ccccc2)Oc2ccccc2)[C@H](OCC[C@@H](CCCCCCCCCCC)OCCCCCCCCCCCC)[C@H]1NC(=O)C(F)(F)CCCCCCCCCCCC. The molecular weight excluding hydrogens is 1080 g/mol. The number of phosphoric acid groups is 1. The first-order valence-electron chi connectivity index (χ1n) is 32.7. The van der Waals surface area contributed by atoms with Gasteiger partial charge in [-0.25, -0.2) is 4.57 Å². The molecule has 1 fully saturated rings. The first-order valence-corrected chi connectivity index (χ1v) is 37.1. The fraction of sp³-hybridized carbons (Fsp3) is 0.776. The Morgan fingerprint density at radius 3 is 1.55 bits per heavy atom. The molecule has 1 heterocycles. The average Bonchev–Trinajstić information content (AvgIpc) is 3.35. The lowest BCUT2D eigenvalue weighted by molar-refractivity contribution is -0.271. The highest BCUT2D eigenvalue weighted by atomic mass is 31.2. The van der Waals surface area contributed by atoms with Gasteiger partial charge in [0.05, 0.1) is 19.3 Å². The van der Waals surface area contributed by atoms with Crippen molar-refractivity contribution in [1.29, 1.82) is 0 Å². The van der Waals surface area contributed by atoms with Crippen molar-refractivity contribution in [3.8, 4) is 11.5 Å². The largest absolute Gasteiger partial charge is 0.588 e. The maximum atomic E-state index is 16.3. The highest BCUT2D eigenvalue weighted by molar-refractivity contribution is 7.49. The summed E-state index contributed by atoms with van der Waals surface area (Å²) < 4.78 is 101. The van der Waals surface area contributed by atoms with E-state index < -0.39 is 65.0 Å². The molecule has 472 valence electrons. The van der Waals surface area contributed by atoms with Gasteiger partial charge in [0, 0.05) is 19.6 Å². The van der Waals surface area contributed by atoms with E-state index in [1.807, 2.05) is 0 Å². The Morgan fingerprint density at radius 1 is 0.634 bits per heavy atom. The smallest absolute Gasteiger partial charge is 0.414 e. The summed E-state index contributed by atoms with van der Waals surface area (Å²) >= 11 is 0. The van der Waals surface area contributed by atoms with E-state index in [-0.39, 0.29) is 48.9 Å². The molecule has 1 aliphatic heterocycles. The maximum Gasteiger partial charge on any atom is 0.588 e. The van der Waals surface area contributed by atoms with Gasteiger partial charge in [0.15, 0.2) is 14.6 Å². The Kier molecular flexibility index (Phi) is 38.6. The predicted octanol–water partition coefficient (Wildman–Crippen LogP) is 20.0. The van der Waals surface area contributed by atoms with Crippen LogP contribution >= 0.6 is 7.82 Å². The van der Waals surface area contributed by atoms with Crippen molar-refractivity contribution in [2.75, 3.05) is 26.4 Å². The third-order valence-electron chi connectivity index (χ3n) is 16.3. The minimum absolute atomic E-state index is 0.0412. The molecule has 0 aromatic heterocycles. The Labute approximate surface area is 499 Å². The van der Waals surface area contributed by atoms with Crippen LogP contribution in [0.5, 0.6) is 11.5 Å². The standard InChI is InChI=1S/C67H116F2NO10PSi/c1-10-14-17-20-23-26-29-32-35-44-52-67(68,69)65(71)70-61-63(74-55-51-57(46-39-34-31-28-25-22-19-16-12-3)73-54-45-36-33-30-27-24-21-18-15-11-2)62(60(77-64(61)75-53-13-4)56-76-82(8,9)66(5,6)7)80-81(72,78-58-47-40-37-41-48-58)79-59-49-42-38-43-50-59/h13,37-38,40-43,47-50,57,60-64H,4,10-12,14-36,39,44-46,51-56H2,1-3,5-9H3,(H,70,71)/t57-,60-,61-,62-,63-,64+/m1/s1. The van der Waals surface area contributed by atoms with Gasteiger partial charge in [-0.2, -0.15) is 8.78 Å². The van der Waals surface area contributed by atoms with Gasteiger partial charge < -0.3 is 37.7 Å². The minimum Gasteiger partial charge on any atom is -0.414 e. The van der Waals surface area contributed by atoms with Gasteiger partial charge >= 0.3 is 13.7 Å². The quantitative estimate of drug-likeness (QED) is 0.0297. The Balaban J connectivity index is 2.03. The molecule has 82 heavy (non-hydrogen) atoms. The zero-order chi connectivity index (χ0) is 59.8. The number of unbranched alkanes of at least 4 members (excludes halogenated alkanes) is 26. The molecule has 0 radical (unpaired) electrons. The molecule has 1 N–H and O–H groups in total. The summed E-state index contributed by atoms with van der Waals surface area (Å²) in [6.45, 7) is 21.7.